The van der Waals surface area contributed by atoms with Gasteiger partial charge in [-0.3, -0.25) is 14.9 Å². The van der Waals surface area contributed by atoms with Crippen LogP contribution in [0.25, 0.3) is 10.6 Å². The van der Waals surface area contributed by atoms with E-state index < -0.39 is 0 Å². The maximum Gasteiger partial charge on any atom is 0.315 e. The van der Waals surface area contributed by atoms with Gasteiger partial charge in [-0.2, -0.15) is 0 Å². The molecule has 122 valence electrons. The van der Waals surface area contributed by atoms with E-state index in [1.54, 1.807) is 0 Å². The number of anilines is 1. The van der Waals surface area contributed by atoms with Crippen LogP contribution < -0.4 is 5.32 Å². The van der Waals surface area contributed by atoms with Gasteiger partial charge < -0.3 is 4.74 Å². The molecular weight excluding hydrogens is 334 g/mol. The van der Waals surface area contributed by atoms with Crippen molar-refractivity contribution in [3.63, 3.8) is 0 Å². The topological polar surface area (TPSA) is 81.2 Å². The third-order valence-corrected chi connectivity index (χ3v) is 5.21. The number of ether oxygens (including phenoxy) is 1. The third kappa shape index (κ3) is 5.04. The number of carbonyl (C=O) groups excluding carboxylic acids is 2. The normalized spacial score (nSPS) is 11.7. The van der Waals surface area contributed by atoms with E-state index in [2.05, 4.69) is 20.3 Å². The van der Waals surface area contributed by atoms with Crippen molar-refractivity contribution >= 4 is 40.1 Å². The van der Waals surface area contributed by atoms with Crippen molar-refractivity contribution in [3.8, 4) is 10.6 Å². The molecule has 0 saturated carbocycles. The molecule has 1 atom stereocenters. The van der Waals surface area contributed by atoms with Crippen LogP contribution >= 0.6 is 23.1 Å². The highest BCUT2D eigenvalue weighted by atomic mass is 32.2. The van der Waals surface area contributed by atoms with E-state index >= 15 is 0 Å². The lowest BCUT2D eigenvalue weighted by atomic mass is 10.2. The fourth-order valence-corrected chi connectivity index (χ4v) is 3.42. The van der Waals surface area contributed by atoms with Crippen molar-refractivity contribution in [3.05, 3.63) is 30.3 Å². The average molecular weight is 351 g/mol. The number of rotatable bonds is 7. The molecule has 2 rings (SSSR count). The molecule has 0 spiro atoms. The first-order valence-electron chi connectivity index (χ1n) is 7.02. The molecule has 0 fully saturated rings. The Bertz CT molecular complexity index is 661. The number of methoxy groups -OCH3 is 1. The van der Waals surface area contributed by atoms with Gasteiger partial charge in [0.15, 0.2) is 0 Å². The monoisotopic (exact) mass is 351 g/mol. The number of thioether (sulfide) groups is 1. The van der Waals surface area contributed by atoms with Gasteiger partial charge in [0.2, 0.25) is 11.0 Å². The van der Waals surface area contributed by atoms with Gasteiger partial charge in [0.1, 0.15) is 5.01 Å². The molecule has 1 aromatic heterocycles. The van der Waals surface area contributed by atoms with E-state index in [1.807, 2.05) is 37.3 Å². The van der Waals surface area contributed by atoms with Crippen LogP contribution in [-0.2, 0) is 14.3 Å². The molecule has 0 aliphatic carbocycles. The van der Waals surface area contributed by atoms with Crippen LogP contribution in [0, 0.1) is 0 Å². The number of hydrogen-bond acceptors (Lipinski definition) is 7. The van der Waals surface area contributed by atoms with E-state index in [1.165, 1.54) is 30.2 Å². The van der Waals surface area contributed by atoms with Gasteiger partial charge in [0.25, 0.3) is 0 Å². The molecule has 2 aromatic rings. The minimum absolute atomic E-state index is 0.147. The van der Waals surface area contributed by atoms with E-state index in [4.69, 9.17) is 0 Å². The summed E-state index contributed by atoms with van der Waals surface area (Å²) in [7, 11) is 1.33. The van der Waals surface area contributed by atoms with Crippen LogP contribution in [0.4, 0.5) is 5.13 Å². The van der Waals surface area contributed by atoms with Gasteiger partial charge in [0, 0.05) is 5.56 Å². The highest BCUT2D eigenvalue weighted by Crippen LogP contribution is 2.26. The second kappa shape index (κ2) is 8.64. The van der Waals surface area contributed by atoms with Crippen molar-refractivity contribution < 1.29 is 14.3 Å². The summed E-state index contributed by atoms with van der Waals surface area (Å²) in [6.07, 6.45) is 0.609. The van der Waals surface area contributed by atoms with E-state index in [0.29, 0.717) is 11.6 Å². The van der Waals surface area contributed by atoms with Gasteiger partial charge in [-0.05, 0) is 6.42 Å². The zero-order chi connectivity index (χ0) is 16.7. The molecule has 0 radical (unpaired) electrons. The predicted octanol–water partition coefficient (Wildman–Crippen LogP) is 2.83. The lowest BCUT2D eigenvalue weighted by Gasteiger charge is -2.12. The molecule has 1 aromatic carbocycles. The molecule has 8 heteroatoms. The Balaban J connectivity index is 1.96. The zero-order valence-corrected chi connectivity index (χ0v) is 14.4. The molecule has 0 aliphatic rings. The number of benzene rings is 1. The highest BCUT2D eigenvalue weighted by Gasteiger charge is 2.20. The van der Waals surface area contributed by atoms with Gasteiger partial charge in [-0.1, -0.05) is 48.6 Å². The van der Waals surface area contributed by atoms with Crippen LogP contribution in [0.2, 0.25) is 0 Å². The molecule has 23 heavy (non-hydrogen) atoms. The lowest BCUT2D eigenvalue weighted by Crippen LogP contribution is -2.25. The zero-order valence-electron chi connectivity index (χ0n) is 12.8. The van der Waals surface area contributed by atoms with Crippen molar-refractivity contribution in [2.24, 2.45) is 0 Å². The standard InChI is InChI=1S/C15H17N3O3S2/c1-3-11(22-9-12(19)21-2)13(20)16-15-18-17-14(23-15)10-7-5-4-6-8-10/h4-8,11H,3,9H2,1-2H3,(H,16,18,20)/t11-/m1/s1. The summed E-state index contributed by atoms with van der Waals surface area (Å²) >= 11 is 2.57. The first-order chi connectivity index (χ1) is 11.1. The molecular formula is C15H17N3O3S2. The molecule has 0 bridgehead atoms. The molecule has 0 unspecified atom stereocenters. The van der Waals surface area contributed by atoms with Crippen molar-refractivity contribution in [1.82, 2.24) is 10.2 Å². The summed E-state index contributed by atoms with van der Waals surface area (Å²) in [6, 6.07) is 9.65. The SMILES string of the molecule is CC[C@@H](SCC(=O)OC)C(=O)Nc1nnc(-c2ccccc2)s1. The number of aromatic nitrogens is 2. The first-order valence-corrected chi connectivity index (χ1v) is 8.88. The van der Waals surface area contributed by atoms with Crippen molar-refractivity contribution in [2.75, 3.05) is 18.2 Å². The average Bonchev–Trinajstić information content (AvgIpc) is 3.04. The molecule has 1 heterocycles. The fraction of sp³-hybridized carbons (Fsp3) is 0.333. The Morgan fingerprint density at radius 2 is 2.04 bits per heavy atom. The third-order valence-electron chi connectivity index (χ3n) is 2.97. The Morgan fingerprint density at radius 1 is 1.30 bits per heavy atom. The van der Waals surface area contributed by atoms with Crippen LogP contribution in [-0.4, -0.2) is 40.2 Å². The largest absolute Gasteiger partial charge is 0.468 e. The summed E-state index contributed by atoms with van der Waals surface area (Å²) < 4.78 is 4.58. The Labute approximate surface area is 142 Å². The van der Waals surface area contributed by atoms with E-state index in [-0.39, 0.29) is 22.9 Å². The number of hydrogen-bond donors (Lipinski definition) is 1. The quantitative estimate of drug-likeness (QED) is 0.773. The van der Waals surface area contributed by atoms with Crippen molar-refractivity contribution in [2.45, 2.75) is 18.6 Å². The summed E-state index contributed by atoms with van der Waals surface area (Å²) in [5.41, 5.74) is 0.956. The Hall–Kier alpha value is -1.93. The first kappa shape index (κ1) is 17.4. The van der Waals surface area contributed by atoms with Crippen LogP contribution in [0.3, 0.4) is 0 Å². The lowest BCUT2D eigenvalue weighted by molar-refractivity contribution is -0.137. The maximum absolute atomic E-state index is 12.2. The van der Waals surface area contributed by atoms with Crippen LogP contribution in [0.5, 0.6) is 0 Å². The number of carbonyl (C=O) groups is 2. The van der Waals surface area contributed by atoms with E-state index in [9.17, 15) is 9.59 Å². The Kier molecular flexibility index (Phi) is 6.54. The Morgan fingerprint density at radius 3 is 2.70 bits per heavy atom. The molecule has 1 amide bonds. The number of nitrogens with one attached hydrogen (secondary N) is 1. The van der Waals surface area contributed by atoms with Gasteiger partial charge >= 0.3 is 5.97 Å². The van der Waals surface area contributed by atoms with Gasteiger partial charge in [-0.15, -0.1) is 22.0 Å². The maximum atomic E-state index is 12.2. The van der Waals surface area contributed by atoms with Gasteiger partial charge in [0.05, 0.1) is 18.1 Å². The highest BCUT2D eigenvalue weighted by molar-refractivity contribution is 8.01. The predicted molar refractivity (Wildman–Crippen MR) is 92.5 cm³/mol. The molecule has 0 aliphatic heterocycles. The van der Waals surface area contributed by atoms with Crippen LogP contribution in [0.15, 0.2) is 30.3 Å². The van der Waals surface area contributed by atoms with Crippen molar-refractivity contribution in [1.29, 1.82) is 0 Å². The molecule has 6 nitrogen and oxygen atoms in total. The summed E-state index contributed by atoms with van der Waals surface area (Å²) in [5, 5.41) is 11.7. The smallest absolute Gasteiger partial charge is 0.315 e. The van der Waals surface area contributed by atoms with E-state index in [0.717, 1.165) is 10.6 Å². The summed E-state index contributed by atoms with van der Waals surface area (Å²) in [5.74, 6) is -0.380. The summed E-state index contributed by atoms with van der Waals surface area (Å²) in [4.78, 5) is 23.4. The minimum Gasteiger partial charge on any atom is -0.468 e. The molecule has 1 N–H and O–H groups in total. The number of nitrogens with zero attached hydrogens (tertiary/aromatic N) is 2. The fourth-order valence-electron chi connectivity index (χ4n) is 1.76. The summed E-state index contributed by atoms with van der Waals surface area (Å²) in [6.45, 7) is 1.89. The van der Waals surface area contributed by atoms with Gasteiger partial charge in [-0.25, -0.2) is 0 Å². The molecule has 0 saturated heterocycles. The number of amides is 1. The van der Waals surface area contributed by atoms with Crippen LogP contribution in [0.1, 0.15) is 13.3 Å². The minimum atomic E-state index is -0.344. The number of esters is 1. The second-order valence-electron chi connectivity index (χ2n) is 4.55. The second-order valence-corrected chi connectivity index (χ2v) is 6.72.